The van der Waals surface area contributed by atoms with E-state index < -0.39 is 0 Å². The van der Waals surface area contributed by atoms with Crippen molar-refractivity contribution in [2.45, 2.75) is 5.16 Å². The van der Waals surface area contributed by atoms with Crippen LogP contribution in [0, 0.1) is 0 Å². The smallest absolute Gasteiger partial charge is 0.210 e. The third kappa shape index (κ3) is 3.86. The molecule has 3 rings (SSSR count). The standard InChI is InChI=1S/C16H15BrN4OS/c17-14-9-5-4-8-13(14)15-19-20-16(21(15)18)23-11-10-22-12-6-2-1-3-7-12/h1-9H,10-11,18H2. The molecule has 0 radical (unpaired) electrons. The molecule has 0 saturated carbocycles. The predicted molar refractivity (Wildman–Crippen MR) is 96.0 cm³/mol. The van der Waals surface area contributed by atoms with Crippen LogP contribution in [-0.2, 0) is 0 Å². The third-order valence-electron chi connectivity index (χ3n) is 3.11. The second-order valence-electron chi connectivity index (χ2n) is 4.67. The average Bonchev–Trinajstić information content (AvgIpc) is 2.94. The number of benzene rings is 2. The average molecular weight is 391 g/mol. The fourth-order valence-corrected chi connectivity index (χ4v) is 3.15. The number of aromatic nitrogens is 3. The van der Waals surface area contributed by atoms with Crippen molar-refractivity contribution in [1.82, 2.24) is 14.9 Å². The highest BCUT2D eigenvalue weighted by molar-refractivity contribution is 9.10. The molecule has 2 N–H and O–H groups in total. The molecule has 23 heavy (non-hydrogen) atoms. The molecule has 7 heteroatoms. The molecule has 3 aromatic rings. The summed E-state index contributed by atoms with van der Waals surface area (Å²) in [4.78, 5) is 0. The van der Waals surface area contributed by atoms with Crippen LogP contribution < -0.4 is 10.6 Å². The topological polar surface area (TPSA) is 66.0 Å². The van der Waals surface area contributed by atoms with Gasteiger partial charge in [-0.2, -0.15) is 0 Å². The van der Waals surface area contributed by atoms with Crippen LogP contribution in [0.15, 0.2) is 64.2 Å². The zero-order chi connectivity index (χ0) is 16.1. The van der Waals surface area contributed by atoms with Crippen LogP contribution in [0.25, 0.3) is 11.4 Å². The van der Waals surface area contributed by atoms with Crippen LogP contribution in [0.5, 0.6) is 5.75 Å². The van der Waals surface area contributed by atoms with Crippen molar-refractivity contribution in [3.05, 3.63) is 59.1 Å². The van der Waals surface area contributed by atoms with Gasteiger partial charge in [-0.05, 0) is 24.3 Å². The fraction of sp³-hybridized carbons (Fsp3) is 0.125. The first-order valence-corrected chi connectivity index (χ1v) is 8.79. The molecule has 0 amide bonds. The molecule has 0 aliphatic heterocycles. The van der Waals surface area contributed by atoms with Gasteiger partial charge in [0.1, 0.15) is 5.75 Å². The van der Waals surface area contributed by atoms with E-state index in [4.69, 9.17) is 10.6 Å². The number of hydrogen-bond acceptors (Lipinski definition) is 5. The summed E-state index contributed by atoms with van der Waals surface area (Å²) >= 11 is 5.01. The zero-order valence-electron chi connectivity index (χ0n) is 12.2. The number of nitrogens with two attached hydrogens (primary N) is 1. The van der Waals surface area contributed by atoms with Gasteiger partial charge in [0, 0.05) is 15.8 Å². The fourth-order valence-electron chi connectivity index (χ4n) is 2.01. The summed E-state index contributed by atoms with van der Waals surface area (Å²) in [6.45, 7) is 0.575. The summed E-state index contributed by atoms with van der Waals surface area (Å²) in [5, 5.41) is 8.99. The van der Waals surface area contributed by atoms with Crippen LogP contribution in [-0.4, -0.2) is 27.2 Å². The highest BCUT2D eigenvalue weighted by atomic mass is 79.9. The Balaban J connectivity index is 1.61. The number of halogens is 1. The summed E-state index contributed by atoms with van der Waals surface area (Å²) in [6.07, 6.45) is 0. The molecule has 118 valence electrons. The maximum absolute atomic E-state index is 6.11. The van der Waals surface area contributed by atoms with Crippen molar-refractivity contribution >= 4 is 27.7 Å². The molecule has 1 heterocycles. The van der Waals surface area contributed by atoms with E-state index in [2.05, 4.69) is 26.1 Å². The van der Waals surface area contributed by atoms with E-state index in [-0.39, 0.29) is 0 Å². The number of nitrogens with zero attached hydrogens (tertiary/aromatic N) is 3. The molecule has 0 unspecified atom stereocenters. The van der Waals surface area contributed by atoms with Crippen molar-refractivity contribution in [2.75, 3.05) is 18.2 Å². The lowest BCUT2D eigenvalue weighted by Gasteiger charge is -2.06. The second-order valence-corrected chi connectivity index (χ2v) is 6.58. The monoisotopic (exact) mass is 390 g/mol. The van der Waals surface area contributed by atoms with Gasteiger partial charge in [0.05, 0.1) is 6.61 Å². The SMILES string of the molecule is Nn1c(SCCOc2ccccc2)nnc1-c1ccccc1Br. The minimum Gasteiger partial charge on any atom is -0.493 e. The molecule has 5 nitrogen and oxygen atoms in total. The summed E-state index contributed by atoms with van der Waals surface area (Å²) in [5.41, 5.74) is 0.912. The Morgan fingerprint density at radius 1 is 1.04 bits per heavy atom. The lowest BCUT2D eigenvalue weighted by atomic mass is 10.2. The highest BCUT2D eigenvalue weighted by Gasteiger charge is 2.14. The van der Waals surface area contributed by atoms with E-state index in [0.29, 0.717) is 17.6 Å². The maximum atomic E-state index is 6.11. The number of hydrogen-bond donors (Lipinski definition) is 1. The first-order valence-electron chi connectivity index (χ1n) is 7.02. The van der Waals surface area contributed by atoms with Gasteiger partial charge in [-0.1, -0.05) is 58.0 Å². The van der Waals surface area contributed by atoms with Gasteiger partial charge in [0.15, 0.2) is 5.82 Å². The molecule has 0 aliphatic rings. The number of ether oxygens (including phenoxy) is 1. The van der Waals surface area contributed by atoms with Gasteiger partial charge in [0.25, 0.3) is 0 Å². The maximum Gasteiger partial charge on any atom is 0.210 e. The number of para-hydroxylation sites is 1. The van der Waals surface area contributed by atoms with Gasteiger partial charge < -0.3 is 10.6 Å². The van der Waals surface area contributed by atoms with Crippen molar-refractivity contribution in [2.24, 2.45) is 0 Å². The van der Waals surface area contributed by atoms with Crippen LogP contribution in [0.3, 0.4) is 0 Å². The zero-order valence-corrected chi connectivity index (χ0v) is 14.6. The summed E-state index contributed by atoms with van der Waals surface area (Å²) in [7, 11) is 0. The van der Waals surface area contributed by atoms with Gasteiger partial charge in [-0.3, -0.25) is 0 Å². The molecule has 0 atom stereocenters. The Morgan fingerprint density at radius 2 is 1.78 bits per heavy atom. The third-order valence-corrected chi connectivity index (χ3v) is 4.70. The number of thioether (sulfide) groups is 1. The molecule has 0 bridgehead atoms. The summed E-state index contributed by atoms with van der Waals surface area (Å²) < 4.78 is 8.09. The van der Waals surface area contributed by atoms with E-state index in [1.54, 1.807) is 0 Å². The molecule has 2 aromatic carbocycles. The lowest BCUT2D eigenvalue weighted by Crippen LogP contribution is -2.12. The number of rotatable bonds is 6. The van der Waals surface area contributed by atoms with Gasteiger partial charge in [-0.15, -0.1) is 10.2 Å². The Labute approximate surface area is 147 Å². The van der Waals surface area contributed by atoms with Crippen molar-refractivity contribution in [3.8, 4) is 17.1 Å². The molecular formula is C16H15BrN4OS. The Kier molecular flexibility index (Phi) is 5.19. The van der Waals surface area contributed by atoms with E-state index in [0.717, 1.165) is 21.5 Å². The first-order chi connectivity index (χ1) is 11.3. The van der Waals surface area contributed by atoms with Crippen LogP contribution in [0.1, 0.15) is 0 Å². The van der Waals surface area contributed by atoms with Crippen LogP contribution >= 0.6 is 27.7 Å². The predicted octanol–water partition coefficient (Wildman–Crippen LogP) is 3.59. The molecular weight excluding hydrogens is 376 g/mol. The van der Waals surface area contributed by atoms with Crippen molar-refractivity contribution in [1.29, 1.82) is 0 Å². The lowest BCUT2D eigenvalue weighted by molar-refractivity contribution is 0.344. The van der Waals surface area contributed by atoms with E-state index in [1.165, 1.54) is 16.4 Å². The van der Waals surface area contributed by atoms with Gasteiger partial charge >= 0.3 is 0 Å². The Morgan fingerprint density at radius 3 is 2.57 bits per heavy atom. The normalized spacial score (nSPS) is 10.7. The number of nitrogen functional groups attached to an aromatic ring is 1. The largest absolute Gasteiger partial charge is 0.493 e. The molecule has 0 saturated heterocycles. The molecule has 0 fully saturated rings. The second kappa shape index (κ2) is 7.52. The van der Waals surface area contributed by atoms with Gasteiger partial charge in [0.2, 0.25) is 5.16 Å². The highest BCUT2D eigenvalue weighted by Crippen LogP contribution is 2.27. The minimum atomic E-state index is 0.575. The van der Waals surface area contributed by atoms with E-state index >= 15 is 0 Å². The van der Waals surface area contributed by atoms with Crippen LogP contribution in [0.4, 0.5) is 0 Å². The van der Waals surface area contributed by atoms with Crippen molar-refractivity contribution in [3.63, 3.8) is 0 Å². The van der Waals surface area contributed by atoms with E-state index in [1.807, 2.05) is 54.6 Å². The van der Waals surface area contributed by atoms with Crippen molar-refractivity contribution < 1.29 is 4.74 Å². The molecule has 0 spiro atoms. The quantitative estimate of drug-likeness (QED) is 0.395. The first kappa shape index (κ1) is 15.9. The molecule has 1 aromatic heterocycles. The Hall–Kier alpha value is -1.99. The molecule has 0 aliphatic carbocycles. The van der Waals surface area contributed by atoms with Gasteiger partial charge in [-0.25, -0.2) is 4.68 Å². The summed E-state index contributed by atoms with van der Waals surface area (Å²) in [6, 6.07) is 17.5. The van der Waals surface area contributed by atoms with Crippen LogP contribution in [0.2, 0.25) is 0 Å². The minimum absolute atomic E-state index is 0.575. The Bertz CT molecular complexity index is 779. The van der Waals surface area contributed by atoms with E-state index in [9.17, 15) is 0 Å². The summed E-state index contributed by atoms with van der Waals surface area (Å²) in [5.74, 6) is 8.33.